The first-order valence-electron chi connectivity index (χ1n) is 10.3. The number of ether oxygens (including phenoxy) is 2. The van der Waals surface area contributed by atoms with E-state index in [4.69, 9.17) is 32.5 Å². The van der Waals surface area contributed by atoms with Gasteiger partial charge in [0, 0.05) is 6.54 Å². The van der Waals surface area contributed by atoms with E-state index in [9.17, 15) is 15.0 Å². The number of unbranched alkanes of at least 4 members (excludes halogenated alkanes) is 2. The number of rotatable bonds is 16. The van der Waals surface area contributed by atoms with E-state index in [1.165, 1.54) is 7.11 Å². The summed E-state index contributed by atoms with van der Waals surface area (Å²) in [7, 11) is 1.49. The summed E-state index contributed by atoms with van der Waals surface area (Å²) in [6.45, 7) is 1.41. The van der Waals surface area contributed by atoms with Gasteiger partial charge in [0.05, 0.1) is 20.0 Å². The van der Waals surface area contributed by atoms with Gasteiger partial charge in [0.1, 0.15) is 12.3 Å². The van der Waals surface area contributed by atoms with Crippen molar-refractivity contribution < 1.29 is 24.5 Å². The summed E-state index contributed by atoms with van der Waals surface area (Å²) >= 11 is 5.93. The van der Waals surface area contributed by atoms with Gasteiger partial charge in [-0.15, -0.1) is 0 Å². The maximum Gasteiger partial charge on any atom is 0.320 e. The van der Waals surface area contributed by atoms with E-state index in [0.717, 1.165) is 12.8 Å². The molecule has 0 aliphatic carbocycles. The second-order valence-corrected chi connectivity index (χ2v) is 7.41. The molecule has 32 heavy (non-hydrogen) atoms. The summed E-state index contributed by atoms with van der Waals surface area (Å²) in [5, 5.41) is 24.6. The Morgan fingerprint density at radius 2 is 2.06 bits per heavy atom. The van der Waals surface area contributed by atoms with Crippen molar-refractivity contribution in [2.24, 2.45) is 11.5 Å². The largest absolute Gasteiger partial charge is 0.480 e. The van der Waals surface area contributed by atoms with Crippen LogP contribution < -0.4 is 26.8 Å². The molecule has 2 atom stereocenters. The van der Waals surface area contributed by atoms with Crippen molar-refractivity contribution in [1.29, 1.82) is 0 Å². The maximum absolute atomic E-state index is 11.3. The van der Waals surface area contributed by atoms with Crippen LogP contribution in [0.4, 0.5) is 0 Å². The predicted molar refractivity (Wildman–Crippen MR) is 117 cm³/mol. The molecule has 2 unspecified atom stereocenters. The summed E-state index contributed by atoms with van der Waals surface area (Å²) in [4.78, 5) is 23.8. The number of imidazole rings is 1. The summed E-state index contributed by atoms with van der Waals surface area (Å²) in [5.41, 5.74) is 11.9. The number of nitrogens with two attached hydrogens (primary N) is 2. The molecular weight excluding hydrogens is 444 g/mol. The number of halogens is 1. The van der Waals surface area contributed by atoms with E-state index in [-0.39, 0.29) is 18.3 Å². The zero-order chi connectivity index (χ0) is 23.5. The van der Waals surface area contributed by atoms with Crippen molar-refractivity contribution in [2.45, 2.75) is 57.4 Å². The molecule has 0 fully saturated rings. The Morgan fingerprint density at radius 3 is 2.75 bits per heavy atom. The lowest BCUT2D eigenvalue weighted by Crippen LogP contribution is -2.47. The summed E-state index contributed by atoms with van der Waals surface area (Å²) < 4.78 is 12.3. The van der Waals surface area contributed by atoms with E-state index in [1.54, 1.807) is 6.33 Å². The van der Waals surface area contributed by atoms with Gasteiger partial charge < -0.3 is 35.7 Å². The first kappa shape index (κ1) is 26.1. The van der Waals surface area contributed by atoms with Crippen LogP contribution in [-0.2, 0) is 16.1 Å². The number of carboxylic acid groups (broad SMARTS) is 1. The minimum Gasteiger partial charge on any atom is -0.480 e. The SMILES string of the molecule is COc1nc(Cl)nc2c1ncn2CCCCCOC(O)NC(CCCNC(N)N)C(=O)O. The monoisotopic (exact) mass is 474 g/mol. The normalized spacial score (nSPS) is 13.6. The lowest BCUT2D eigenvalue weighted by atomic mass is 10.1. The molecule has 0 bridgehead atoms. The van der Waals surface area contributed by atoms with E-state index >= 15 is 0 Å². The third kappa shape index (κ3) is 8.43. The highest BCUT2D eigenvalue weighted by atomic mass is 35.5. The quantitative estimate of drug-likeness (QED) is 0.104. The minimum atomic E-state index is -1.37. The molecule has 0 aliphatic heterocycles. The number of aromatic nitrogens is 4. The van der Waals surface area contributed by atoms with Crippen molar-refractivity contribution >= 4 is 28.7 Å². The van der Waals surface area contributed by atoms with Gasteiger partial charge in [-0.25, -0.2) is 4.98 Å². The standard InChI is InChI=1S/C18H31ClN8O5/c1-31-14-12-13(25-16(19)26-14)27(10-23-12)8-3-2-4-9-32-18(30)24-11(15(28)29)6-5-7-22-17(20)21/h10-11,17-18,22,24,30H,2-9,20-21H2,1H3,(H,28,29). The maximum atomic E-state index is 11.3. The van der Waals surface area contributed by atoms with Gasteiger partial charge in [0.15, 0.2) is 11.2 Å². The Balaban J connectivity index is 1.66. The van der Waals surface area contributed by atoms with Crippen LogP contribution in [0.15, 0.2) is 6.33 Å². The summed E-state index contributed by atoms with van der Waals surface area (Å²) in [6, 6.07) is -0.943. The Morgan fingerprint density at radius 1 is 1.28 bits per heavy atom. The lowest BCUT2D eigenvalue weighted by Gasteiger charge is -2.19. The topological polar surface area (TPSA) is 196 Å². The molecule has 8 N–H and O–H groups in total. The first-order chi connectivity index (χ1) is 15.3. The summed E-state index contributed by atoms with van der Waals surface area (Å²) in [6.07, 6.45) is 2.75. The zero-order valence-corrected chi connectivity index (χ0v) is 18.7. The Kier molecular flexibility index (Phi) is 11.0. The number of methoxy groups -OCH3 is 1. The molecule has 0 saturated carbocycles. The van der Waals surface area contributed by atoms with Crippen LogP contribution in [0.3, 0.4) is 0 Å². The molecule has 180 valence electrons. The van der Waals surface area contributed by atoms with Crippen LogP contribution in [0.25, 0.3) is 11.2 Å². The highest BCUT2D eigenvalue weighted by Gasteiger charge is 2.20. The number of aryl methyl sites for hydroxylation is 1. The van der Waals surface area contributed by atoms with E-state index < -0.39 is 24.7 Å². The molecule has 0 aromatic carbocycles. The zero-order valence-electron chi connectivity index (χ0n) is 17.9. The number of fused-ring (bicyclic) bond motifs is 1. The van der Waals surface area contributed by atoms with Gasteiger partial charge in [-0.05, 0) is 50.2 Å². The number of aliphatic carboxylic acids is 1. The van der Waals surface area contributed by atoms with E-state index in [2.05, 4.69) is 25.6 Å². The van der Waals surface area contributed by atoms with Crippen LogP contribution in [-0.4, -0.2) is 74.7 Å². The smallest absolute Gasteiger partial charge is 0.320 e. The Hall–Kier alpha value is -2.13. The third-order valence-corrected chi connectivity index (χ3v) is 4.78. The van der Waals surface area contributed by atoms with Crippen molar-refractivity contribution in [3.05, 3.63) is 11.6 Å². The van der Waals surface area contributed by atoms with Crippen molar-refractivity contribution in [1.82, 2.24) is 30.2 Å². The second kappa shape index (κ2) is 13.4. The van der Waals surface area contributed by atoms with Gasteiger partial charge in [0.25, 0.3) is 0 Å². The molecule has 2 rings (SSSR count). The lowest BCUT2D eigenvalue weighted by molar-refractivity contribution is -0.152. The van der Waals surface area contributed by atoms with Crippen LogP contribution >= 0.6 is 11.6 Å². The van der Waals surface area contributed by atoms with Crippen molar-refractivity contribution in [3.63, 3.8) is 0 Å². The van der Waals surface area contributed by atoms with Gasteiger partial charge in [-0.2, -0.15) is 9.97 Å². The number of nitrogens with zero attached hydrogens (tertiary/aromatic N) is 4. The molecular formula is C18H31ClN8O5. The van der Waals surface area contributed by atoms with Gasteiger partial charge in [-0.1, -0.05) is 0 Å². The van der Waals surface area contributed by atoms with Gasteiger partial charge in [0.2, 0.25) is 17.6 Å². The predicted octanol–water partition coefficient (Wildman–Crippen LogP) is -0.435. The first-order valence-corrected chi connectivity index (χ1v) is 10.6. The number of hydrogen-bond donors (Lipinski definition) is 6. The van der Waals surface area contributed by atoms with Gasteiger partial charge >= 0.3 is 5.97 Å². The molecule has 14 heteroatoms. The highest BCUT2D eigenvalue weighted by molar-refractivity contribution is 6.28. The molecule has 2 aromatic heterocycles. The number of aliphatic hydroxyl groups is 1. The number of carboxylic acids is 1. The number of carbonyl (C=O) groups is 1. The minimum absolute atomic E-state index is 0.0878. The second-order valence-electron chi connectivity index (χ2n) is 7.08. The Bertz CT molecular complexity index is 852. The van der Waals surface area contributed by atoms with E-state index in [1.807, 2.05) is 4.57 Å². The molecule has 0 aliphatic rings. The molecule has 2 aromatic rings. The fraction of sp³-hybridized carbons (Fsp3) is 0.667. The highest BCUT2D eigenvalue weighted by Crippen LogP contribution is 2.22. The molecule has 0 spiro atoms. The molecule has 0 saturated heterocycles. The Labute approximate surface area is 190 Å². The fourth-order valence-corrected chi connectivity index (χ4v) is 3.18. The van der Waals surface area contributed by atoms with Crippen LogP contribution in [0.5, 0.6) is 5.88 Å². The average Bonchev–Trinajstić information content (AvgIpc) is 3.14. The molecule has 2 heterocycles. The van der Waals surface area contributed by atoms with Crippen LogP contribution in [0, 0.1) is 0 Å². The molecule has 0 radical (unpaired) electrons. The van der Waals surface area contributed by atoms with Crippen LogP contribution in [0.1, 0.15) is 32.1 Å². The third-order valence-electron chi connectivity index (χ3n) is 4.61. The summed E-state index contributed by atoms with van der Waals surface area (Å²) in [5.74, 6) is -0.745. The van der Waals surface area contributed by atoms with Crippen LogP contribution in [0.2, 0.25) is 5.28 Å². The molecule has 13 nitrogen and oxygen atoms in total. The van der Waals surface area contributed by atoms with E-state index in [0.29, 0.717) is 43.0 Å². The molecule has 0 amide bonds. The number of nitrogens with one attached hydrogen (secondary N) is 2. The van der Waals surface area contributed by atoms with Crippen molar-refractivity contribution in [2.75, 3.05) is 20.3 Å². The van der Waals surface area contributed by atoms with Crippen molar-refractivity contribution in [3.8, 4) is 5.88 Å². The average molecular weight is 475 g/mol. The fourth-order valence-electron chi connectivity index (χ4n) is 3.03. The van der Waals surface area contributed by atoms with Gasteiger partial charge in [-0.3, -0.25) is 15.4 Å². The number of aliphatic hydroxyl groups excluding tert-OH is 1. The number of hydrogen-bond acceptors (Lipinski definition) is 11.